The van der Waals surface area contributed by atoms with E-state index < -0.39 is 0 Å². The van der Waals surface area contributed by atoms with Crippen molar-refractivity contribution in [2.45, 2.75) is 12.3 Å². The Morgan fingerprint density at radius 1 is 1.42 bits per heavy atom. The summed E-state index contributed by atoms with van der Waals surface area (Å²) in [6.07, 6.45) is 2.65. The van der Waals surface area contributed by atoms with Crippen molar-refractivity contribution in [1.29, 1.82) is 0 Å². The first-order chi connectivity index (χ1) is 9.28. The molecule has 1 N–H and O–H groups in total. The standard InChI is InChI=1S/C14H14ClN3O/c1-19-14-17-8-12(15)13(18-14)16-7-10-6-9-4-2-3-5-11(9)10/h2-5,8,10H,6-7H2,1H3,(H,16,17,18). The molecule has 1 aromatic heterocycles. The zero-order valence-electron chi connectivity index (χ0n) is 10.6. The van der Waals surface area contributed by atoms with Gasteiger partial charge in [0.1, 0.15) is 5.02 Å². The number of aromatic nitrogens is 2. The van der Waals surface area contributed by atoms with Gasteiger partial charge in [0.05, 0.1) is 13.3 Å². The zero-order valence-corrected chi connectivity index (χ0v) is 11.3. The number of methoxy groups -OCH3 is 1. The van der Waals surface area contributed by atoms with Crippen LogP contribution in [0.2, 0.25) is 5.02 Å². The number of hydrogen-bond donors (Lipinski definition) is 1. The molecular weight excluding hydrogens is 262 g/mol. The molecule has 0 spiro atoms. The van der Waals surface area contributed by atoms with Gasteiger partial charge in [-0.15, -0.1) is 0 Å². The van der Waals surface area contributed by atoms with E-state index in [1.165, 1.54) is 18.2 Å². The monoisotopic (exact) mass is 275 g/mol. The summed E-state index contributed by atoms with van der Waals surface area (Å²) in [5.74, 6) is 1.14. The maximum absolute atomic E-state index is 6.06. The molecule has 0 aliphatic heterocycles. The maximum atomic E-state index is 6.06. The van der Waals surface area contributed by atoms with Crippen LogP contribution in [-0.4, -0.2) is 23.6 Å². The van der Waals surface area contributed by atoms with Crippen molar-refractivity contribution >= 4 is 17.4 Å². The molecule has 3 rings (SSSR count). The molecule has 1 atom stereocenters. The Hall–Kier alpha value is -1.81. The van der Waals surface area contributed by atoms with Crippen LogP contribution in [0.1, 0.15) is 17.0 Å². The number of hydrogen-bond acceptors (Lipinski definition) is 4. The SMILES string of the molecule is COc1ncc(Cl)c(NCC2Cc3ccccc32)n1. The molecule has 1 aliphatic carbocycles. The fourth-order valence-electron chi connectivity index (χ4n) is 2.34. The lowest BCUT2D eigenvalue weighted by molar-refractivity contribution is 0.380. The summed E-state index contributed by atoms with van der Waals surface area (Å²) in [5.41, 5.74) is 2.84. The molecule has 0 amide bonds. The molecule has 98 valence electrons. The van der Waals surface area contributed by atoms with E-state index in [4.69, 9.17) is 16.3 Å². The lowest BCUT2D eigenvalue weighted by Crippen LogP contribution is -2.24. The summed E-state index contributed by atoms with van der Waals surface area (Å²) in [6.45, 7) is 0.816. The minimum Gasteiger partial charge on any atom is -0.467 e. The summed E-state index contributed by atoms with van der Waals surface area (Å²) in [4.78, 5) is 8.15. The summed E-state index contributed by atoms with van der Waals surface area (Å²) < 4.78 is 4.99. The van der Waals surface area contributed by atoms with Crippen molar-refractivity contribution in [3.63, 3.8) is 0 Å². The summed E-state index contributed by atoms with van der Waals surface area (Å²) in [7, 11) is 1.54. The predicted molar refractivity (Wildman–Crippen MR) is 75.0 cm³/mol. The van der Waals surface area contributed by atoms with Crippen LogP contribution in [0.4, 0.5) is 5.82 Å². The van der Waals surface area contributed by atoms with Gasteiger partial charge in [-0.05, 0) is 17.5 Å². The van der Waals surface area contributed by atoms with Gasteiger partial charge >= 0.3 is 6.01 Å². The molecule has 0 saturated carbocycles. The number of rotatable bonds is 4. The molecule has 1 aromatic carbocycles. The van der Waals surface area contributed by atoms with Crippen LogP contribution in [0.5, 0.6) is 6.01 Å². The van der Waals surface area contributed by atoms with Gasteiger partial charge in [-0.3, -0.25) is 0 Å². The molecule has 0 saturated heterocycles. The number of nitrogens with zero attached hydrogens (tertiary/aromatic N) is 2. The van der Waals surface area contributed by atoms with E-state index in [0.29, 0.717) is 22.8 Å². The third kappa shape index (κ3) is 2.36. The van der Waals surface area contributed by atoms with Crippen molar-refractivity contribution in [2.24, 2.45) is 0 Å². The number of anilines is 1. The minimum absolute atomic E-state index is 0.320. The average molecular weight is 276 g/mol. The Bertz CT molecular complexity index is 603. The highest BCUT2D eigenvalue weighted by molar-refractivity contribution is 6.32. The van der Waals surface area contributed by atoms with E-state index in [0.717, 1.165) is 13.0 Å². The van der Waals surface area contributed by atoms with Gasteiger partial charge in [0, 0.05) is 12.5 Å². The van der Waals surface area contributed by atoms with E-state index in [9.17, 15) is 0 Å². The summed E-state index contributed by atoms with van der Waals surface area (Å²) in [5, 5.41) is 3.78. The van der Waals surface area contributed by atoms with E-state index in [2.05, 4.69) is 39.6 Å². The lowest BCUT2D eigenvalue weighted by atomic mass is 9.78. The van der Waals surface area contributed by atoms with Crippen molar-refractivity contribution in [2.75, 3.05) is 19.0 Å². The predicted octanol–water partition coefficient (Wildman–Crippen LogP) is 2.89. The Morgan fingerprint density at radius 3 is 3.05 bits per heavy atom. The van der Waals surface area contributed by atoms with Crippen LogP contribution in [-0.2, 0) is 6.42 Å². The minimum atomic E-state index is 0.320. The Balaban J connectivity index is 1.68. The molecule has 5 heteroatoms. The zero-order chi connectivity index (χ0) is 13.2. The molecule has 1 aliphatic rings. The first-order valence-corrected chi connectivity index (χ1v) is 6.54. The average Bonchev–Trinajstić information content (AvgIpc) is 2.42. The Kier molecular flexibility index (Phi) is 3.25. The van der Waals surface area contributed by atoms with Crippen LogP contribution >= 0.6 is 11.6 Å². The number of nitrogens with one attached hydrogen (secondary N) is 1. The highest BCUT2D eigenvalue weighted by Gasteiger charge is 2.25. The van der Waals surface area contributed by atoms with E-state index in [-0.39, 0.29) is 0 Å². The second-order valence-electron chi connectivity index (χ2n) is 4.53. The largest absolute Gasteiger partial charge is 0.467 e. The second kappa shape index (κ2) is 5.05. The van der Waals surface area contributed by atoms with Gasteiger partial charge < -0.3 is 10.1 Å². The van der Waals surface area contributed by atoms with Gasteiger partial charge in [-0.2, -0.15) is 4.98 Å². The van der Waals surface area contributed by atoms with Gasteiger partial charge in [-0.1, -0.05) is 35.9 Å². The molecule has 0 radical (unpaired) electrons. The molecule has 2 aromatic rings. The van der Waals surface area contributed by atoms with Gasteiger partial charge in [0.15, 0.2) is 5.82 Å². The first-order valence-electron chi connectivity index (χ1n) is 6.16. The molecular formula is C14H14ClN3O. The number of ether oxygens (including phenoxy) is 1. The van der Waals surface area contributed by atoms with Crippen molar-refractivity contribution < 1.29 is 4.74 Å². The topological polar surface area (TPSA) is 47.0 Å². The maximum Gasteiger partial charge on any atom is 0.318 e. The number of benzene rings is 1. The third-order valence-electron chi connectivity index (χ3n) is 3.38. The fraction of sp³-hybridized carbons (Fsp3) is 0.286. The molecule has 0 fully saturated rings. The molecule has 1 heterocycles. The smallest absolute Gasteiger partial charge is 0.318 e. The highest BCUT2D eigenvalue weighted by Crippen LogP contribution is 2.35. The highest BCUT2D eigenvalue weighted by atomic mass is 35.5. The van der Waals surface area contributed by atoms with E-state index in [1.54, 1.807) is 6.20 Å². The molecule has 19 heavy (non-hydrogen) atoms. The van der Waals surface area contributed by atoms with Gasteiger partial charge in [0.2, 0.25) is 0 Å². The quantitative estimate of drug-likeness (QED) is 0.932. The van der Waals surface area contributed by atoms with Crippen LogP contribution in [0.15, 0.2) is 30.5 Å². The van der Waals surface area contributed by atoms with Gasteiger partial charge in [0.25, 0.3) is 0 Å². The molecule has 0 bridgehead atoms. The number of fused-ring (bicyclic) bond motifs is 1. The summed E-state index contributed by atoms with van der Waals surface area (Å²) in [6, 6.07) is 8.82. The normalized spacial score (nSPS) is 16.4. The van der Waals surface area contributed by atoms with Crippen LogP contribution in [0.25, 0.3) is 0 Å². The molecule has 4 nitrogen and oxygen atoms in total. The van der Waals surface area contributed by atoms with Gasteiger partial charge in [-0.25, -0.2) is 4.98 Å². The summed E-state index contributed by atoms with van der Waals surface area (Å²) >= 11 is 6.06. The third-order valence-corrected chi connectivity index (χ3v) is 3.66. The van der Waals surface area contributed by atoms with E-state index in [1.807, 2.05) is 0 Å². The number of halogens is 1. The Labute approximate surface area is 116 Å². The van der Waals surface area contributed by atoms with Crippen molar-refractivity contribution in [3.05, 3.63) is 46.6 Å². The first kappa shape index (κ1) is 12.2. The van der Waals surface area contributed by atoms with Crippen LogP contribution in [0, 0.1) is 0 Å². The van der Waals surface area contributed by atoms with Crippen molar-refractivity contribution in [3.8, 4) is 6.01 Å². The van der Waals surface area contributed by atoms with Crippen molar-refractivity contribution in [1.82, 2.24) is 9.97 Å². The fourth-order valence-corrected chi connectivity index (χ4v) is 2.50. The Morgan fingerprint density at radius 2 is 2.26 bits per heavy atom. The molecule has 1 unspecified atom stereocenters. The second-order valence-corrected chi connectivity index (χ2v) is 4.94. The van der Waals surface area contributed by atoms with E-state index >= 15 is 0 Å². The van der Waals surface area contributed by atoms with Crippen LogP contribution < -0.4 is 10.1 Å². The lowest BCUT2D eigenvalue weighted by Gasteiger charge is -2.30. The van der Waals surface area contributed by atoms with Crippen LogP contribution in [0.3, 0.4) is 0 Å².